The first-order chi connectivity index (χ1) is 8.22. The van der Waals surface area contributed by atoms with Crippen LogP contribution in [-0.4, -0.2) is 4.98 Å². The van der Waals surface area contributed by atoms with Gasteiger partial charge in [-0.3, -0.25) is 0 Å². The third-order valence-electron chi connectivity index (χ3n) is 2.50. The Labute approximate surface area is 99.8 Å². The maximum Gasteiger partial charge on any atom is 0.132 e. The molecule has 1 heterocycles. The van der Waals surface area contributed by atoms with E-state index in [9.17, 15) is 4.39 Å². The molecule has 0 aliphatic heterocycles. The smallest absolute Gasteiger partial charge is 0.132 e. The van der Waals surface area contributed by atoms with Crippen molar-refractivity contribution in [2.45, 2.75) is 6.92 Å². The number of rotatable bonds is 3. The molecule has 0 radical (unpaired) electrons. The number of hydrogen-bond acceptors (Lipinski definition) is 2. The molecule has 1 aromatic heterocycles. The van der Waals surface area contributed by atoms with Crippen molar-refractivity contribution in [3.05, 3.63) is 60.7 Å². The molecule has 86 valence electrons. The largest absolute Gasteiger partial charge is 0.347 e. The quantitative estimate of drug-likeness (QED) is 0.865. The molecule has 0 aliphatic carbocycles. The van der Waals surface area contributed by atoms with Gasteiger partial charge in [0.1, 0.15) is 11.6 Å². The van der Waals surface area contributed by atoms with Crippen LogP contribution in [0.4, 0.5) is 10.2 Å². The first kappa shape index (κ1) is 11.3. The van der Waals surface area contributed by atoms with Crippen molar-refractivity contribution in [2.24, 2.45) is 0 Å². The number of nitrogens with zero attached hydrogens (tertiary/aromatic N) is 1. The van der Waals surface area contributed by atoms with Gasteiger partial charge in [0.25, 0.3) is 0 Å². The average Bonchev–Trinajstić information content (AvgIpc) is 2.33. The number of aromatic nitrogens is 1. The maximum atomic E-state index is 13.6. The monoisotopic (exact) mass is 228 g/mol. The van der Waals surface area contributed by atoms with Crippen molar-refractivity contribution in [3.63, 3.8) is 0 Å². The molecule has 0 unspecified atom stereocenters. The molecule has 0 aliphatic rings. The number of halogens is 1. The van der Waals surface area contributed by atoms with Crippen LogP contribution in [-0.2, 0) is 0 Å². The lowest BCUT2D eigenvalue weighted by Gasteiger charge is -2.07. The van der Waals surface area contributed by atoms with Crippen LogP contribution in [0.15, 0.2) is 49.3 Å². The predicted octanol–water partition coefficient (Wildman–Crippen LogP) is 3.75. The normalized spacial score (nSPS) is 10.0. The van der Waals surface area contributed by atoms with Crippen molar-refractivity contribution >= 4 is 5.82 Å². The van der Waals surface area contributed by atoms with Gasteiger partial charge in [0.05, 0.1) is 0 Å². The van der Waals surface area contributed by atoms with E-state index < -0.39 is 0 Å². The summed E-state index contributed by atoms with van der Waals surface area (Å²) in [5, 5.41) is 2.93. The van der Waals surface area contributed by atoms with E-state index in [4.69, 9.17) is 0 Å². The number of anilines is 1. The Morgan fingerprint density at radius 1 is 1.35 bits per heavy atom. The second-order valence-corrected chi connectivity index (χ2v) is 3.72. The van der Waals surface area contributed by atoms with Crippen molar-refractivity contribution < 1.29 is 4.39 Å². The lowest BCUT2D eigenvalue weighted by atomic mass is 10.1. The highest BCUT2D eigenvalue weighted by Crippen LogP contribution is 2.24. The van der Waals surface area contributed by atoms with Crippen molar-refractivity contribution in [1.29, 1.82) is 0 Å². The van der Waals surface area contributed by atoms with Crippen LogP contribution < -0.4 is 5.32 Å². The zero-order valence-electron chi connectivity index (χ0n) is 9.57. The first-order valence-electron chi connectivity index (χ1n) is 5.31. The van der Waals surface area contributed by atoms with Gasteiger partial charge in [-0.15, -0.1) is 0 Å². The minimum Gasteiger partial charge on any atom is -0.347 e. The molecular weight excluding hydrogens is 215 g/mol. The zero-order valence-corrected chi connectivity index (χ0v) is 9.57. The van der Waals surface area contributed by atoms with Crippen LogP contribution in [0.3, 0.4) is 0 Å². The summed E-state index contributed by atoms with van der Waals surface area (Å²) in [5.41, 5.74) is 2.29. The van der Waals surface area contributed by atoms with E-state index in [2.05, 4.69) is 16.9 Å². The number of hydrogen-bond donors (Lipinski definition) is 1. The van der Waals surface area contributed by atoms with Crippen LogP contribution in [0.2, 0.25) is 0 Å². The van der Waals surface area contributed by atoms with E-state index >= 15 is 0 Å². The van der Waals surface area contributed by atoms with Gasteiger partial charge in [0.15, 0.2) is 0 Å². The van der Waals surface area contributed by atoms with Gasteiger partial charge in [-0.2, -0.15) is 0 Å². The summed E-state index contributed by atoms with van der Waals surface area (Å²) in [6, 6.07) is 8.57. The van der Waals surface area contributed by atoms with E-state index in [1.54, 1.807) is 24.5 Å². The van der Waals surface area contributed by atoms with Gasteiger partial charge < -0.3 is 5.32 Å². The molecule has 2 nitrogen and oxygen atoms in total. The van der Waals surface area contributed by atoms with E-state index in [-0.39, 0.29) is 5.82 Å². The summed E-state index contributed by atoms with van der Waals surface area (Å²) in [7, 11) is 0. The Kier molecular flexibility index (Phi) is 3.19. The fourth-order valence-corrected chi connectivity index (χ4v) is 1.67. The molecule has 17 heavy (non-hydrogen) atoms. The van der Waals surface area contributed by atoms with Crippen molar-refractivity contribution in [1.82, 2.24) is 4.98 Å². The molecule has 0 saturated heterocycles. The summed E-state index contributed by atoms with van der Waals surface area (Å²) < 4.78 is 13.6. The van der Waals surface area contributed by atoms with E-state index in [1.807, 2.05) is 19.1 Å². The lowest BCUT2D eigenvalue weighted by molar-refractivity contribution is 0.631. The van der Waals surface area contributed by atoms with Gasteiger partial charge in [-0.25, -0.2) is 9.37 Å². The SMILES string of the molecule is C=CNc1ncc(-c2ccccc2F)cc1C. The van der Waals surface area contributed by atoms with Gasteiger partial charge >= 0.3 is 0 Å². The van der Waals surface area contributed by atoms with E-state index in [0.717, 1.165) is 16.9 Å². The standard InChI is InChI=1S/C14H13FN2/c1-3-16-14-10(2)8-11(9-17-14)12-6-4-5-7-13(12)15/h3-9H,1H2,2H3,(H,16,17). The molecule has 1 N–H and O–H groups in total. The molecule has 3 heteroatoms. The predicted molar refractivity (Wildman–Crippen MR) is 68.2 cm³/mol. The molecular formula is C14H13FN2. The fraction of sp³-hybridized carbons (Fsp3) is 0.0714. The summed E-state index contributed by atoms with van der Waals surface area (Å²) in [6.45, 7) is 5.50. The molecule has 0 saturated carbocycles. The third kappa shape index (κ3) is 2.33. The van der Waals surface area contributed by atoms with Crippen molar-refractivity contribution in [2.75, 3.05) is 5.32 Å². The molecule has 0 atom stereocenters. The third-order valence-corrected chi connectivity index (χ3v) is 2.50. The van der Waals surface area contributed by atoms with Crippen LogP contribution in [0.5, 0.6) is 0 Å². The van der Waals surface area contributed by atoms with Gasteiger partial charge in [-0.1, -0.05) is 24.8 Å². The van der Waals surface area contributed by atoms with E-state index in [1.165, 1.54) is 6.07 Å². The molecule has 0 amide bonds. The summed E-state index contributed by atoms with van der Waals surface area (Å²) in [6.07, 6.45) is 3.22. The Bertz CT molecular complexity index is 550. The number of benzene rings is 1. The van der Waals surface area contributed by atoms with Crippen LogP contribution in [0.1, 0.15) is 5.56 Å². The van der Waals surface area contributed by atoms with Crippen LogP contribution in [0, 0.1) is 12.7 Å². The van der Waals surface area contributed by atoms with Gasteiger partial charge in [-0.05, 0) is 30.8 Å². The number of aryl methyl sites for hydroxylation is 1. The second kappa shape index (κ2) is 4.78. The Balaban J connectivity index is 2.45. The summed E-state index contributed by atoms with van der Waals surface area (Å²) >= 11 is 0. The van der Waals surface area contributed by atoms with Gasteiger partial charge in [0.2, 0.25) is 0 Å². The molecule has 1 aromatic carbocycles. The molecule has 2 aromatic rings. The average molecular weight is 228 g/mol. The Morgan fingerprint density at radius 3 is 2.76 bits per heavy atom. The highest BCUT2D eigenvalue weighted by Gasteiger charge is 2.06. The summed E-state index contributed by atoms with van der Waals surface area (Å²) in [5.74, 6) is 0.498. The van der Waals surface area contributed by atoms with Crippen LogP contribution in [0.25, 0.3) is 11.1 Å². The number of pyridine rings is 1. The van der Waals surface area contributed by atoms with Gasteiger partial charge in [0, 0.05) is 17.3 Å². The lowest BCUT2D eigenvalue weighted by Crippen LogP contribution is -1.95. The Hall–Kier alpha value is -2.16. The van der Waals surface area contributed by atoms with Crippen molar-refractivity contribution in [3.8, 4) is 11.1 Å². The highest BCUT2D eigenvalue weighted by atomic mass is 19.1. The Morgan fingerprint density at radius 2 is 2.12 bits per heavy atom. The zero-order chi connectivity index (χ0) is 12.3. The minimum absolute atomic E-state index is 0.238. The fourth-order valence-electron chi connectivity index (χ4n) is 1.67. The summed E-state index contributed by atoms with van der Waals surface area (Å²) in [4.78, 5) is 4.24. The minimum atomic E-state index is -0.238. The highest BCUT2D eigenvalue weighted by molar-refractivity contribution is 5.66. The molecule has 0 spiro atoms. The van der Waals surface area contributed by atoms with Crippen LogP contribution >= 0.6 is 0 Å². The number of nitrogens with one attached hydrogen (secondary N) is 1. The second-order valence-electron chi connectivity index (χ2n) is 3.72. The maximum absolute atomic E-state index is 13.6. The molecule has 2 rings (SSSR count). The van der Waals surface area contributed by atoms with E-state index in [0.29, 0.717) is 5.56 Å². The first-order valence-corrected chi connectivity index (χ1v) is 5.31. The topological polar surface area (TPSA) is 24.9 Å². The molecule has 0 fully saturated rings. The molecule has 0 bridgehead atoms.